The lowest BCUT2D eigenvalue weighted by Gasteiger charge is -2.37. The van der Waals surface area contributed by atoms with Crippen LogP contribution < -0.4 is 15.7 Å². The topological polar surface area (TPSA) is 102 Å². The molecule has 11 heteroatoms. The van der Waals surface area contributed by atoms with Crippen LogP contribution in [-0.4, -0.2) is 38.9 Å². The first-order chi connectivity index (χ1) is 17.6. The van der Waals surface area contributed by atoms with E-state index in [1.165, 1.54) is 0 Å². The number of H-pyrrole nitrogens is 1. The summed E-state index contributed by atoms with van der Waals surface area (Å²) in [5.74, 6) is 0.133. The van der Waals surface area contributed by atoms with E-state index in [0.717, 1.165) is 21.4 Å². The van der Waals surface area contributed by atoms with Crippen molar-refractivity contribution in [3.05, 3.63) is 75.7 Å². The predicted molar refractivity (Wildman–Crippen MR) is 132 cm³/mol. The van der Waals surface area contributed by atoms with Gasteiger partial charge in [0.25, 0.3) is 5.91 Å². The van der Waals surface area contributed by atoms with E-state index in [4.69, 9.17) is 4.74 Å². The van der Waals surface area contributed by atoms with Gasteiger partial charge in [-0.2, -0.15) is 17.9 Å². The highest BCUT2D eigenvalue weighted by atomic mass is 19.4. The molecule has 37 heavy (non-hydrogen) atoms. The fraction of sp³-hybridized carbons (Fsp3) is 0.385. The van der Waals surface area contributed by atoms with Crippen LogP contribution in [-0.2, 0) is 10.3 Å². The normalized spacial score (nSPS) is 18.1. The summed E-state index contributed by atoms with van der Waals surface area (Å²) in [4.78, 5) is 25.6. The number of alkyl halides is 3. The summed E-state index contributed by atoms with van der Waals surface area (Å²) in [5, 5.41) is 12.6. The first kappa shape index (κ1) is 26.2. The molecule has 2 aromatic carbocycles. The van der Waals surface area contributed by atoms with Crippen molar-refractivity contribution in [2.24, 2.45) is 0 Å². The van der Waals surface area contributed by atoms with Gasteiger partial charge in [0.1, 0.15) is 11.4 Å². The maximum absolute atomic E-state index is 13.3. The SMILES string of the molecule is Cc1ccc(C2=C(n3nn[nH]c3=O)C(=O)N[C@](C)(c3ccc(OCCCCCC(F)(F)F)cc3)C2)cc1. The summed E-state index contributed by atoms with van der Waals surface area (Å²) in [6.45, 7) is 4.18. The van der Waals surface area contributed by atoms with E-state index in [9.17, 15) is 22.8 Å². The Morgan fingerprint density at radius 3 is 2.35 bits per heavy atom. The van der Waals surface area contributed by atoms with Gasteiger partial charge in [0.15, 0.2) is 0 Å². The molecular formula is C26H28F3N5O3. The zero-order chi connectivity index (χ0) is 26.6. The van der Waals surface area contributed by atoms with Crippen LogP contribution in [0.5, 0.6) is 5.75 Å². The van der Waals surface area contributed by atoms with E-state index in [0.29, 0.717) is 37.2 Å². The molecule has 1 aliphatic heterocycles. The van der Waals surface area contributed by atoms with Crippen LogP contribution in [0.15, 0.2) is 53.3 Å². The van der Waals surface area contributed by atoms with Gasteiger partial charge < -0.3 is 10.1 Å². The summed E-state index contributed by atoms with van der Waals surface area (Å²) in [6.07, 6.45) is -3.47. The maximum Gasteiger partial charge on any atom is 0.389 e. The molecule has 8 nitrogen and oxygen atoms in total. The number of halogens is 3. The Hall–Kier alpha value is -3.89. The average molecular weight is 516 g/mol. The Kier molecular flexibility index (Phi) is 7.51. The molecule has 2 heterocycles. The molecule has 1 aromatic heterocycles. The summed E-state index contributed by atoms with van der Waals surface area (Å²) in [6, 6.07) is 14.9. The van der Waals surface area contributed by atoms with Gasteiger partial charge in [0, 0.05) is 12.8 Å². The first-order valence-electron chi connectivity index (χ1n) is 12.0. The first-order valence-corrected chi connectivity index (χ1v) is 12.0. The molecule has 0 saturated heterocycles. The standard InChI is InChI=1S/C26H28F3N5O3/c1-17-6-8-18(9-7-17)21-16-25(2,30-23(35)22(21)34-24(36)31-32-33-34)19-10-12-20(13-11-19)37-15-5-3-4-14-26(27,28)29/h6-13H,3-5,14-16H2,1-2H3,(H,30,35)(H,31,33,36)/t25-/m0/s1. The number of rotatable bonds is 9. The van der Waals surface area contributed by atoms with Gasteiger partial charge in [0.05, 0.1) is 12.1 Å². The molecular weight excluding hydrogens is 487 g/mol. The third kappa shape index (κ3) is 6.28. The number of carbonyl (C=O) groups excluding carboxylic acids is 1. The van der Waals surface area contributed by atoms with Crippen molar-refractivity contribution in [1.29, 1.82) is 0 Å². The summed E-state index contributed by atoms with van der Waals surface area (Å²) in [5.41, 5.74) is 2.05. The maximum atomic E-state index is 13.3. The van der Waals surface area contributed by atoms with Crippen molar-refractivity contribution in [2.45, 2.75) is 57.7 Å². The largest absolute Gasteiger partial charge is 0.494 e. The van der Waals surface area contributed by atoms with Crippen LogP contribution in [0.3, 0.4) is 0 Å². The highest BCUT2D eigenvalue weighted by Gasteiger charge is 2.39. The van der Waals surface area contributed by atoms with Crippen LogP contribution in [0.4, 0.5) is 13.2 Å². The minimum absolute atomic E-state index is 0.0864. The number of amides is 1. The Labute approximate surface area is 211 Å². The molecule has 4 rings (SSSR count). The molecule has 0 aliphatic carbocycles. The van der Waals surface area contributed by atoms with Gasteiger partial charge in [0.2, 0.25) is 0 Å². The Morgan fingerprint density at radius 2 is 1.73 bits per heavy atom. The molecule has 0 spiro atoms. The highest BCUT2D eigenvalue weighted by molar-refractivity contribution is 6.22. The molecule has 0 unspecified atom stereocenters. The molecule has 3 aromatic rings. The molecule has 1 amide bonds. The fourth-order valence-corrected chi connectivity index (χ4v) is 4.38. The second-order valence-electron chi connectivity index (χ2n) is 9.37. The summed E-state index contributed by atoms with van der Waals surface area (Å²) in [7, 11) is 0. The lowest BCUT2D eigenvalue weighted by atomic mass is 9.79. The lowest BCUT2D eigenvalue weighted by Crippen LogP contribution is -2.49. The number of hydrogen-bond donors (Lipinski definition) is 2. The number of aromatic amines is 1. The van der Waals surface area contributed by atoms with E-state index >= 15 is 0 Å². The van der Waals surface area contributed by atoms with Crippen molar-refractivity contribution in [3.8, 4) is 5.75 Å². The third-order valence-electron chi connectivity index (χ3n) is 6.37. The van der Waals surface area contributed by atoms with Crippen LogP contribution in [0.2, 0.25) is 0 Å². The third-order valence-corrected chi connectivity index (χ3v) is 6.37. The molecule has 0 radical (unpaired) electrons. The Balaban J connectivity index is 1.52. The minimum atomic E-state index is -4.12. The van der Waals surface area contributed by atoms with Crippen LogP contribution >= 0.6 is 0 Å². The number of carbonyl (C=O) groups is 1. The lowest BCUT2D eigenvalue weighted by molar-refractivity contribution is -0.135. The monoisotopic (exact) mass is 515 g/mol. The summed E-state index contributed by atoms with van der Waals surface area (Å²) >= 11 is 0. The van der Waals surface area contributed by atoms with E-state index in [1.807, 2.05) is 50.2 Å². The fourth-order valence-electron chi connectivity index (χ4n) is 4.38. The number of hydrogen-bond acceptors (Lipinski definition) is 5. The Morgan fingerprint density at radius 1 is 1.03 bits per heavy atom. The van der Waals surface area contributed by atoms with Gasteiger partial charge in [-0.1, -0.05) is 42.0 Å². The molecule has 0 bridgehead atoms. The number of unbranched alkanes of at least 4 members (excludes halogenated alkanes) is 2. The zero-order valence-electron chi connectivity index (χ0n) is 20.6. The number of aryl methyl sites for hydroxylation is 1. The van der Waals surface area contributed by atoms with Gasteiger partial charge >= 0.3 is 11.9 Å². The van der Waals surface area contributed by atoms with Gasteiger partial charge in [-0.05, 0) is 72.4 Å². The van der Waals surface area contributed by atoms with E-state index in [1.54, 1.807) is 12.1 Å². The Bertz CT molecular complexity index is 1330. The number of aromatic nitrogens is 4. The van der Waals surface area contributed by atoms with Crippen molar-refractivity contribution in [3.63, 3.8) is 0 Å². The predicted octanol–water partition coefficient (Wildman–Crippen LogP) is 4.58. The minimum Gasteiger partial charge on any atom is -0.494 e. The van der Waals surface area contributed by atoms with Crippen LogP contribution in [0, 0.1) is 6.92 Å². The van der Waals surface area contributed by atoms with Crippen molar-refractivity contribution >= 4 is 17.2 Å². The number of ether oxygens (including phenoxy) is 1. The van der Waals surface area contributed by atoms with Gasteiger partial charge in [-0.3, -0.25) is 4.79 Å². The molecule has 1 atom stereocenters. The van der Waals surface area contributed by atoms with E-state index < -0.39 is 29.7 Å². The molecule has 196 valence electrons. The second-order valence-corrected chi connectivity index (χ2v) is 9.37. The van der Waals surface area contributed by atoms with Crippen molar-refractivity contribution < 1.29 is 22.7 Å². The number of nitrogens with one attached hydrogen (secondary N) is 2. The van der Waals surface area contributed by atoms with Crippen molar-refractivity contribution in [1.82, 2.24) is 25.5 Å². The second kappa shape index (κ2) is 10.6. The zero-order valence-corrected chi connectivity index (χ0v) is 20.6. The summed E-state index contributed by atoms with van der Waals surface area (Å²) < 4.78 is 43.4. The smallest absolute Gasteiger partial charge is 0.389 e. The molecule has 1 aliphatic rings. The van der Waals surface area contributed by atoms with Gasteiger partial charge in [-0.25, -0.2) is 9.89 Å². The van der Waals surface area contributed by atoms with E-state index in [-0.39, 0.29) is 12.1 Å². The van der Waals surface area contributed by atoms with Crippen LogP contribution in [0.25, 0.3) is 11.3 Å². The van der Waals surface area contributed by atoms with Crippen LogP contribution in [0.1, 0.15) is 55.7 Å². The quantitative estimate of drug-likeness (QED) is 0.406. The van der Waals surface area contributed by atoms with Crippen molar-refractivity contribution in [2.75, 3.05) is 6.61 Å². The number of benzene rings is 2. The highest BCUT2D eigenvalue weighted by Crippen LogP contribution is 2.39. The van der Waals surface area contributed by atoms with Gasteiger partial charge in [-0.15, -0.1) is 0 Å². The molecule has 0 fully saturated rings. The average Bonchev–Trinajstić information content (AvgIpc) is 3.26. The van der Waals surface area contributed by atoms with E-state index in [2.05, 4.69) is 20.8 Å². The number of nitrogens with zero attached hydrogens (tertiary/aromatic N) is 3. The number of tetrazole rings is 1. The molecule has 0 saturated carbocycles. The molecule has 2 N–H and O–H groups in total.